The highest BCUT2D eigenvalue weighted by Crippen LogP contribution is 2.35. The van der Waals surface area contributed by atoms with Gasteiger partial charge in [-0.25, -0.2) is 0 Å². The van der Waals surface area contributed by atoms with E-state index in [0.717, 1.165) is 15.5 Å². The number of halogens is 1. The first-order valence-corrected chi connectivity index (χ1v) is 7.79. The fourth-order valence-corrected chi connectivity index (χ4v) is 3.11. The van der Waals surface area contributed by atoms with Gasteiger partial charge >= 0.3 is 0 Å². The Morgan fingerprint density at radius 3 is 2.67 bits per heavy atom. The predicted octanol–water partition coefficient (Wildman–Crippen LogP) is 5.24. The molecule has 1 unspecified atom stereocenters. The van der Waals surface area contributed by atoms with Crippen LogP contribution in [-0.4, -0.2) is 10.1 Å². The van der Waals surface area contributed by atoms with Crippen molar-refractivity contribution in [3.05, 3.63) is 65.5 Å². The lowest BCUT2D eigenvalue weighted by Crippen LogP contribution is -1.89. The Morgan fingerprint density at radius 2 is 1.90 bits per heavy atom. The summed E-state index contributed by atoms with van der Waals surface area (Å²) in [4.78, 5) is 5.55. The highest BCUT2D eigenvalue weighted by molar-refractivity contribution is 7.99. The second-order valence-electron chi connectivity index (χ2n) is 4.54. The number of thioether (sulfide) groups is 1. The largest absolute Gasteiger partial charge is 0.338 e. The number of rotatable bonds is 4. The molecule has 0 saturated heterocycles. The van der Waals surface area contributed by atoms with Crippen molar-refractivity contribution in [1.82, 2.24) is 10.1 Å². The van der Waals surface area contributed by atoms with Gasteiger partial charge in [-0.3, -0.25) is 0 Å². The molecule has 1 aromatic heterocycles. The standard InChI is InChI=1S/C16H13ClN2OS/c1-11(21-14-9-5-8-13(17)10-14)16-18-15(19-20-16)12-6-3-2-4-7-12/h2-11H,1H3. The van der Waals surface area contributed by atoms with Crippen molar-refractivity contribution < 1.29 is 4.52 Å². The third-order valence-corrected chi connectivity index (χ3v) is 4.25. The van der Waals surface area contributed by atoms with Crippen LogP contribution < -0.4 is 0 Å². The van der Waals surface area contributed by atoms with Crippen LogP contribution in [-0.2, 0) is 0 Å². The molecule has 0 aliphatic carbocycles. The van der Waals surface area contributed by atoms with Crippen molar-refractivity contribution in [2.24, 2.45) is 0 Å². The van der Waals surface area contributed by atoms with Crippen LogP contribution in [0.25, 0.3) is 11.4 Å². The third-order valence-electron chi connectivity index (χ3n) is 2.93. The van der Waals surface area contributed by atoms with Crippen LogP contribution in [0.2, 0.25) is 5.02 Å². The molecule has 5 heteroatoms. The summed E-state index contributed by atoms with van der Waals surface area (Å²) in [5.74, 6) is 1.22. The first kappa shape index (κ1) is 14.2. The van der Waals surface area contributed by atoms with Crippen LogP contribution in [0.1, 0.15) is 18.1 Å². The SMILES string of the molecule is CC(Sc1cccc(Cl)c1)c1nc(-c2ccccc2)no1. The molecule has 0 saturated carbocycles. The molecule has 1 heterocycles. The lowest BCUT2D eigenvalue weighted by atomic mass is 10.2. The van der Waals surface area contributed by atoms with E-state index in [0.29, 0.717) is 11.7 Å². The minimum Gasteiger partial charge on any atom is -0.338 e. The van der Waals surface area contributed by atoms with Crippen molar-refractivity contribution in [3.63, 3.8) is 0 Å². The van der Waals surface area contributed by atoms with Crippen LogP contribution >= 0.6 is 23.4 Å². The van der Waals surface area contributed by atoms with Crippen molar-refractivity contribution in [2.45, 2.75) is 17.1 Å². The zero-order valence-electron chi connectivity index (χ0n) is 11.4. The van der Waals surface area contributed by atoms with Gasteiger partial charge in [-0.05, 0) is 25.1 Å². The normalized spacial score (nSPS) is 12.3. The van der Waals surface area contributed by atoms with Crippen LogP contribution in [0.4, 0.5) is 0 Å². The summed E-state index contributed by atoms with van der Waals surface area (Å²) in [6.45, 7) is 2.04. The second kappa shape index (κ2) is 6.33. The van der Waals surface area contributed by atoms with Gasteiger partial charge in [-0.1, -0.05) is 53.2 Å². The molecular formula is C16H13ClN2OS. The monoisotopic (exact) mass is 316 g/mol. The summed E-state index contributed by atoms with van der Waals surface area (Å²) in [7, 11) is 0. The maximum Gasteiger partial charge on any atom is 0.240 e. The van der Waals surface area contributed by atoms with Gasteiger partial charge in [0.15, 0.2) is 0 Å². The molecule has 0 N–H and O–H groups in total. The Bertz CT molecular complexity index is 730. The Labute approximate surface area is 132 Å². The first-order chi connectivity index (χ1) is 10.2. The molecule has 3 aromatic rings. The summed E-state index contributed by atoms with van der Waals surface area (Å²) in [5.41, 5.74) is 0.951. The topological polar surface area (TPSA) is 38.9 Å². The Balaban J connectivity index is 1.77. The number of aromatic nitrogens is 2. The van der Waals surface area contributed by atoms with Crippen LogP contribution in [0, 0.1) is 0 Å². The van der Waals surface area contributed by atoms with Gasteiger partial charge in [0.05, 0.1) is 5.25 Å². The first-order valence-electron chi connectivity index (χ1n) is 6.53. The molecule has 0 aliphatic rings. The van der Waals surface area contributed by atoms with E-state index in [4.69, 9.17) is 16.1 Å². The van der Waals surface area contributed by atoms with E-state index in [9.17, 15) is 0 Å². The minimum absolute atomic E-state index is 0.0634. The van der Waals surface area contributed by atoms with Crippen molar-refractivity contribution in [3.8, 4) is 11.4 Å². The second-order valence-corrected chi connectivity index (χ2v) is 6.39. The molecule has 21 heavy (non-hydrogen) atoms. The number of hydrogen-bond acceptors (Lipinski definition) is 4. The Hall–Kier alpha value is -1.78. The van der Waals surface area contributed by atoms with Gasteiger partial charge in [-0.2, -0.15) is 4.98 Å². The fourth-order valence-electron chi connectivity index (χ4n) is 1.90. The summed E-state index contributed by atoms with van der Waals surface area (Å²) < 4.78 is 5.37. The molecule has 1 atom stereocenters. The molecular weight excluding hydrogens is 304 g/mol. The maximum absolute atomic E-state index is 5.99. The average Bonchev–Trinajstić information content (AvgIpc) is 2.98. The maximum atomic E-state index is 5.99. The lowest BCUT2D eigenvalue weighted by molar-refractivity contribution is 0.381. The highest BCUT2D eigenvalue weighted by atomic mass is 35.5. The fraction of sp³-hybridized carbons (Fsp3) is 0.125. The van der Waals surface area contributed by atoms with E-state index in [1.807, 2.05) is 61.5 Å². The van der Waals surface area contributed by atoms with Gasteiger partial charge in [0.2, 0.25) is 11.7 Å². The van der Waals surface area contributed by atoms with E-state index < -0.39 is 0 Å². The Morgan fingerprint density at radius 1 is 1.10 bits per heavy atom. The van der Waals surface area contributed by atoms with Gasteiger partial charge in [-0.15, -0.1) is 11.8 Å². The molecule has 2 aromatic carbocycles. The minimum atomic E-state index is 0.0634. The smallest absolute Gasteiger partial charge is 0.240 e. The van der Waals surface area contributed by atoms with E-state index in [2.05, 4.69) is 10.1 Å². The number of benzene rings is 2. The summed E-state index contributed by atoms with van der Waals surface area (Å²) in [5, 5.41) is 4.83. The van der Waals surface area contributed by atoms with E-state index in [1.54, 1.807) is 11.8 Å². The van der Waals surface area contributed by atoms with Crippen molar-refractivity contribution in [2.75, 3.05) is 0 Å². The summed E-state index contributed by atoms with van der Waals surface area (Å²) in [6, 6.07) is 17.5. The van der Waals surface area contributed by atoms with Gasteiger partial charge < -0.3 is 4.52 Å². The van der Waals surface area contributed by atoms with E-state index in [-0.39, 0.29) is 5.25 Å². The molecule has 3 nitrogen and oxygen atoms in total. The lowest BCUT2D eigenvalue weighted by Gasteiger charge is -2.06. The molecule has 0 bridgehead atoms. The molecule has 0 amide bonds. The zero-order valence-corrected chi connectivity index (χ0v) is 12.9. The van der Waals surface area contributed by atoms with E-state index in [1.165, 1.54) is 0 Å². The molecule has 106 valence electrons. The van der Waals surface area contributed by atoms with Gasteiger partial charge in [0.25, 0.3) is 0 Å². The molecule has 0 fully saturated rings. The zero-order chi connectivity index (χ0) is 14.7. The van der Waals surface area contributed by atoms with Crippen molar-refractivity contribution in [1.29, 1.82) is 0 Å². The quantitative estimate of drug-likeness (QED) is 0.617. The molecule has 0 aliphatic heterocycles. The molecule has 0 radical (unpaired) electrons. The van der Waals surface area contributed by atoms with Crippen LogP contribution in [0.5, 0.6) is 0 Å². The molecule has 0 spiro atoms. The summed E-state index contributed by atoms with van der Waals surface area (Å²) in [6.07, 6.45) is 0. The number of nitrogens with zero attached hydrogens (tertiary/aromatic N) is 2. The Kier molecular flexibility index (Phi) is 4.27. The van der Waals surface area contributed by atoms with Crippen LogP contribution in [0.15, 0.2) is 64.0 Å². The summed E-state index contributed by atoms with van der Waals surface area (Å²) >= 11 is 7.63. The predicted molar refractivity (Wildman–Crippen MR) is 85.5 cm³/mol. The van der Waals surface area contributed by atoms with Crippen LogP contribution in [0.3, 0.4) is 0 Å². The number of hydrogen-bond donors (Lipinski definition) is 0. The average molecular weight is 317 g/mol. The van der Waals surface area contributed by atoms with Crippen molar-refractivity contribution >= 4 is 23.4 Å². The highest BCUT2D eigenvalue weighted by Gasteiger charge is 2.16. The molecule has 3 rings (SSSR count). The van der Waals surface area contributed by atoms with Gasteiger partial charge in [0.1, 0.15) is 0 Å². The van der Waals surface area contributed by atoms with E-state index >= 15 is 0 Å². The van der Waals surface area contributed by atoms with Gasteiger partial charge in [0, 0.05) is 15.5 Å². The third kappa shape index (κ3) is 3.46.